The van der Waals surface area contributed by atoms with Gasteiger partial charge in [0, 0.05) is 30.8 Å². The molecule has 1 amide bonds. The average molecular weight is 382 g/mol. The lowest BCUT2D eigenvalue weighted by Gasteiger charge is -2.01. The maximum Gasteiger partial charge on any atom is 0.273 e. The van der Waals surface area contributed by atoms with E-state index in [1.54, 1.807) is 0 Å². The second kappa shape index (κ2) is 7.59. The SMILES string of the molecule is O=C(NCCc1n[nH]c2ccccc12)c1cc(Cc2cc(F)ccc2F)on1. The Morgan fingerprint density at radius 1 is 1.14 bits per heavy atom. The molecule has 0 saturated heterocycles. The standard InChI is InChI=1S/C20H16F2N4O2/c21-13-5-6-16(22)12(9-13)10-14-11-19(26-28-14)20(27)23-8-7-18-15-3-1-2-4-17(15)24-25-18/h1-6,9,11H,7-8,10H2,(H,23,27)(H,24,25). The van der Waals surface area contributed by atoms with Crippen LogP contribution in [0.25, 0.3) is 10.9 Å². The molecule has 28 heavy (non-hydrogen) atoms. The van der Waals surface area contributed by atoms with Crippen LogP contribution >= 0.6 is 0 Å². The summed E-state index contributed by atoms with van der Waals surface area (Å²) in [7, 11) is 0. The number of hydrogen-bond acceptors (Lipinski definition) is 4. The van der Waals surface area contributed by atoms with Gasteiger partial charge in [0.2, 0.25) is 0 Å². The highest BCUT2D eigenvalue weighted by atomic mass is 19.1. The van der Waals surface area contributed by atoms with E-state index in [2.05, 4.69) is 20.7 Å². The van der Waals surface area contributed by atoms with Crippen molar-refractivity contribution in [3.8, 4) is 0 Å². The molecule has 0 spiro atoms. The fraction of sp³-hybridized carbons (Fsp3) is 0.150. The van der Waals surface area contributed by atoms with Crippen molar-refractivity contribution >= 4 is 16.8 Å². The summed E-state index contributed by atoms with van der Waals surface area (Å²) in [4.78, 5) is 12.2. The summed E-state index contributed by atoms with van der Waals surface area (Å²) >= 11 is 0. The molecule has 0 unspecified atom stereocenters. The van der Waals surface area contributed by atoms with Crippen LogP contribution in [0.15, 0.2) is 53.1 Å². The van der Waals surface area contributed by atoms with Gasteiger partial charge in [-0.25, -0.2) is 8.78 Å². The van der Waals surface area contributed by atoms with Gasteiger partial charge in [-0.3, -0.25) is 9.89 Å². The molecular formula is C20H16F2N4O2. The Morgan fingerprint density at radius 3 is 2.89 bits per heavy atom. The average Bonchev–Trinajstić information content (AvgIpc) is 3.32. The second-order valence-corrected chi connectivity index (χ2v) is 6.31. The second-order valence-electron chi connectivity index (χ2n) is 6.31. The Morgan fingerprint density at radius 2 is 2.00 bits per heavy atom. The van der Waals surface area contributed by atoms with Gasteiger partial charge in [0.05, 0.1) is 11.2 Å². The van der Waals surface area contributed by atoms with Crippen LogP contribution in [0.4, 0.5) is 8.78 Å². The van der Waals surface area contributed by atoms with E-state index in [0.717, 1.165) is 34.8 Å². The molecule has 0 atom stereocenters. The number of benzene rings is 2. The number of fused-ring (bicyclic) bond motifs is 1. The van der Waals surface area contributed by atoms with Crippen LogP contribution in [-0.2, 0) is 12.8 Å². The molecule has 2 heterocycles. The van der Waals surface area contributed by atoms with Gasteiger partial charge >= 0.3 is 0 Å². The molecule has 2 N–H and O–H groups in total. The first-order chi connectivity index (χ1) is 13.6. The molecule has 142 valence electrons. The van der Waals surface area contributed by atoms with Gasteiger partial charge in [-0.05, 0) is 29.8 Å². The summed E-state index contributed by atoms with van der Waals surface area (Å²) in [6.07, 6.45) is 0.554. The lowest BCUT2D eigenvalue weighted by atomic mass is 10.1. The molecule has 2 aromatic heterocycles. The molecule has 2 aromatic carbocycles. The van der Waals surface area contributed by atoms with E-state index < -0.39 is 17.5 Å². The van der Waals surface area contributed by atoms with Crippen molar-refractivity contribution in [3.63, 3.8) is 0 Å². The highest BCUT2D eigenvalue weighted by Gasteiger charge is 2.15. The highest BCUT2D eigenvalue weighted by molar-refractivity contribution is 5.92. The molecule has 0 radical (unpaired) electrons. The number of nitrogens with zero attached hydrogens (tertiary/aromatic N) is 2. The quantitative estimate of drug-likeness (QED) is 0.535. The smallest absolute Gasteiger partial charge is 0.273 e. The fourth-order valence-corrected chi connectivity index (χ4v) is 2.97. The lowest BCUT2D eigenvalue weighted by Crippen LogP contribution is -2.26. The fourth-order valence-electron chi connectivity index (χ4n) is 2.97. The number of rotatable bonds is 6. The van der Waals surface area contributed by atoms with Gasteiger partial charge in [-0.1, -0.05) is 23.4 Å². The van der Waals surface area contributed by atoms with Crippen molar-refractivity contribution in [2.24, 2.45) is 0 Å². The molecule has 4 rings (SSSR count). The number of aromatic nitrogens is 3. The monoisotopic (exact) mass is 382 g/mol. The topological polar surface area (TPSA) is 83.8 Å². The zero-order valence-corrected chi connectivity index (χ0v) is 14.7. The molecule has 8 heteroatoms. The van der Waals surface area contributed by atoms with Crippen molar-refractivity contribution in [1.82, 2.24) is 20.7 Å². The predicted octanol–water partition coefficient (Wildman–Crippen LogP) is 3.39. The molecule has 4 aromatic rings. The Bertz CT molecular complexity index is 1140. The minimum atomic E-state index is -0.546. The molecule has 0 aliphatic carbocycles. The molecular weight excluding hydrogens is 366 g/mol. The molecule has 6 nitrogen and oxygen atoms in total. The van der Waals surface area contributed by atoms with Crippen LogP contribution in [0.3, 0.4) is 0 Å². The third-order valence-corrected chi connectivity index (χ3v) is 4.36. The minimum Gasteiger partial charge on any atom is -0.360 e. The number of amides is 1. The Hall–Kier alpha value is -3.55. The van der Waals surface area contributed by atoms with Gasteiger partial charge in [-0.15, -0.1) is 0 Å². The van der Waals surface area contributed by atoms with Crippen LogP contribution < -0.4 is 5.32 Å². The van der Waals surface area contributed by atoms with Crippen molar-refractivity contribution in [2.45, 2.75) is 12.8 Å². The maximum atomic E-state index is 13.7. The number of aromatic amines is 1. The molecule has 0 fully saturated rings. The van der Waals surface area contributed by atoms with Crippen molar-refractivity contribution < 1.29 is 18.1 Å². The van der Waals surface area contributed by atoms with Crippen molar-refractivity contribution in [1.29, 1.82) is 0 Å². The van der Waals surface area contributed by atoms with Crippen molar-refractivity contribution in [2.75, 3.05) is 6.54 Å². The van der Waals surface area contributed by atoms with E-state index in [-0.39, 0.29) is 23.4 Å². The molecule has 0 bridgehead atoms. The first kappa shape index (κ1) is 17.8. The van der Waals surface area contributed by atoms with Gasteiger partial charge in [-0.2, -0.15) is 5.10 Å². The van der Waals surface area contributed by atoms with Crippen LogP contribution in [0.1, 0.15) is 27.5 Å². The summed E-state index contributed by atoms with van der Waals surface area (Å²) in [5.74, 6) is -1.22. The van der Waals surface area contributed by atoms with Crippen LogP contribution in [0.5, 0.6) is 0 Å². The number of H-pyrrole nitrogens is 1. The number of hydrogen-bond donors (Lipinski definition) is 2. The van der Waals surface area contributed by atoms with Crippen LogP contribution in [0, 0.1) is 11.6 Å². The number of carbonyl (C=O) groups excluding carboxylic acids is 1. The molecule has 0 saturated carbocycles. The maximum absolute atomic E-state index is 13.7. The lowest BCUT2D eigenvalue weighted by molar-refractivity contribution is 0.0945. The van der Waals surface area contributed by atoms with E-state index in [4.69, 9.17) is 4.52 Å². The van der Waals surface area contributed by atoms with E-state index >= 15 is 0 Å². The predicted molar refractivity (Wildman–Crippen MR) is 97.8 cm³/mol. The summed E-state index contributed by atoms with van der Waals surface area (Å²) < 4.78 is 32.0. The van der Waals surface area contributed by atoms with Gasteiger partial charge in [0.1, 0.15) is 17.4 Å². The van der Waals surface area contributed by atoms with Gasteiger partial charge < -0.3 is 9.84 Å². The molecule has 0 aliphatic heterocycles. The normalized spacial score (nSPS) is 11.1. The van der Waals surface area contributed by atoms with Gasteiger partial charge in [0.15, 0.2) is 5.69 Å². The van der Waals surface area contributed by atoms with E-state index in [0.29, 0.717) is 13.0 Å². The van der Waals surface area contributed by atoms with Crippen molar-refractivity contribution in [3.05, 3.63) is 82.9 Å². The Balaban J connectivity index is 1.36. The number of nitrogens with one attached hydrogen (secondary N) is 2. The molecule has 0 aliphatic rings. The zero-order chi connectivity index (χ0) is 19.5. The summed E-state index contributed by atoms with van der Waals surface area (Å²) in [6.45, 7) is 0.369. The first-order valence-corrected chi connectivity index (χ1v) is 8.70. The van der Waals surface area contributed by atoms with E-state index in [1.807, 2.05) is 24.3 Å². The third kappa shape index (κ3) is 3.75. The van der Waals surface area contributed by atoms with Crippen LogP contribution in [0.2, 0.25) is 0 Å². The van der Waals surface area contributed by atoms with Crippen LogP contribution in [-0.4, -0.2) is 27.8 Å². The summed E-state index contributed by atoms with van der Waals surface area (Å²) in [6, 6.07) is 12.3. The number of halogens is 2. The van der Waals surface area contributed by atoms with E-state index in [1.165, 1.54) is 6.07 Å². The Kier molecular flexibility index (Phi) is 4.84. The number of para-hydroxylation sites is 1. The zero-order valence-electron chi connectivity index (χ0n) is 14.7. The summed E-state index contributed by atoms with van der Waals surface area (Å²) in [5, 5.41) is 14.7. The van der Waals surface area contributed by atoms with E-state index in [9.17, 15) is 13.6 Å². The minimum absolute atomic E-state index is 0.00311. The highest BCUT2D eigenvalue weighted by Crippen LogP contribution is 2.17. The first-order valence-electron chi connectivity index (χ1n) is 8.70. The summed E-state index contributed by atoms with van der Waals surface area (Å²) in [5.41, 5.74) is 2.01. The Labute approximate surface area is 158 Å². The van der Waals surface area contributed by atoms with Gasteiger partial charge in [0.25, 0.3) is 5.91 Å². The number of carbonyl (C=O) groups is 1. The largest absolute Gasteiger partial charge is 0.360 e. The third-order valence-electron chi connectivity index (χ3n) is 4.36.